The normalized spacial score (nSPS) is 12.7. The van der Waals surface area contributed by atoms with E-state index in [1.807, 2.05) is 18.2 Å². The van der Waals surface area contributed by atoms with E-state index >= 15 is 0 Å². The lowest BCUT2D eigenvalue weighted by Crippen LogP contribution is -2.02. The zero-order chi connectivity index (χ0) is 12.8. The maximum Gasteiger partial charge on any atom is 0.330 e. The first-order chi connectivity index (χ1) is 8.79. The quantitative estimate of drug-likeness (QED) is 0.638. The van der Waals surface area contributed by atoms with Crippen molar-refractivity contribution in [3.8, 4) is 11.5 Å². The van der Waals surface area contributed by atoms with Crippen molar-refractivity contribution in [3.05, 3.63) is 30.4 Å². The molecule has 1 aliphatic heterocycles. The van der Waals surface area contributed by atoms with Crippen molar-refractivity contribution in [3.63, 3.8) is 0 Å². The molecule has 0 amide bonds. The van der Waals surface area contributed by atoms with E-state index in [0.717, 1.165) is 17.2 Å². The molecule has 0 radical (unpaired) electrons. The molecule has 0 saturated heterocycles. The SMILES string of the molecule is CCOC(=O)/C=C/CNc1ccc2c(c1)OCO2. The Bertz CT molecular complexity index is 456. The predicted molar refractivity (Wildman–Crippen MR) is 66.8 cm³/mol. The minimum atomic E-state index is -0.329. The lowest BCUT2D eigenvalue weighted by molar-refractivity contribution is -0.137. The van der Waals surface area contributed by atoms with Gasteiger partial charge in [-0.3, -0.25) is 0 Å². The van der Waals surface area contributed by atoms with Crippen molar-refractivity contribution < 1.29 is 19.0 Å². The summed E-state index contributed by atoms with van der Waals surface area (Å²) in [6.45, 7) is 2.97. The second-order valence-corrected chi connectivity index (χ2v) is 3.60. The molecule has 96 valence electrons. The molecule has 1 heterocycles. The number of anilines is 1. The molecule has 2 rings (SSSR count). The first-order valence-corrected chi connectivity index (χ1v) is 5.76. The average Bonchev–Trinajstić information content (AvgIpc) is 2.82. The van der Waals surface area contributed by atoms with Crippen molar-refractivity contribution in [2.24, 2.45) is 0 Å². The number of hydrogen-bond donors (Lipinski definition) is 1. The fraction of sp³-hybridized carbons (Fsp3) is 0.308. The molecule has 5 nitrogen and oxygen atoms in total. The lowest BCUT2D eigenvalue weighted by Gasteiger charge is -2.04. The summed E-state index contributed by atoms with van der Waals surface area (Å²) < 4.78 is 15.2. The molecule has 0 atom stereocenters. The predicted octanol–water partition coefficient (Wildman–Crippen LogP) is 1.95. The van der Waals surface area contributed by atoms with Crippen LogP contribution in [-0.2, 0) is 9.53 Å². The zero-order valence-corrected chi connectivity index (χ0v) is 10.1. The lowest BCUT2D eigenvalue weighted by atomic mass is 10.3. The first-order valence-electron chi connectivity index (χ1n) is 5.76. The van der Waals surface area contributed by atoms with Crippen LogP contribution in [0.2, 0.25) is 0 Å². The first kappa shape index (κ1) is 12.3. The molecule has 0 aliphatic carbocycles. The minimum absolute atomic E-state index is 0.265. The van der Waals surface area contributed by atoms with Gasteiger partial charge >= 0.3 is 5.97 Å². The molecule has 1 aromatic rings. The van der Waals surface area contributed by atoms with E-state index < -0.39 is 0 Å². The van der Waals surface area contributed by atoms with E-state index in [4.69, 9.17) is 14.2 Å². The van der Waals surface area contributed by atoms with Crippen LogP contribution in [0, 0.1) is 0 Å². The summed E-state index contributed by atoms with van der Waals surface area (Å²) in [4.78, 5) is 11.0. The van der Waals surface area contributed by atoms with Crippen LogP contribution in [0.4, 0.5) is 5.69 Å². The van der Waals surface area contributed by atoms with E-state index in [1.54, 1.807) is 13.0 Å². The molecule has 5 heteroatoms. The largest absolute Gasteiger partial charge is 0.463 e. The second-order valence-electron chi connectivity index (χ2n) is 3.60. The van der Waals surface area contributed by atoms with Crippen LogP contribution in [0.1, 0.15) is 6.92 Å². The topological polar surface area (TPSA) is 56.8 Å². The van der Waals surface area contributed by atoms with Crippen LogP contribution in [0.3, 0.4) is 0 Å². The van der Waals surface area contributed by atoms with E-state index in [2.05, 4.69) is 5.32 Å². The smallest absolute Gasteiger partial charge is 0.330 e. The van der Waals surface area contributed by atoms with Gasteiger partial charge in [-0.2, -0.15) is 0 Å². The molecule has 1 aliphatic rings. The van der Waals surface area contributed by atoms with Crippen LogP contribution in [0.15, 0.2) is 30.4 Å². The molecule has 0 saturated carbocycles. The third-order valence-electron chi connectivity index (χ3n) is 2.34. The number of fused-ring (bicyclic) bond motifs is 1. The van der Waals surface area contributed by atoms with Gasteiger partial charge in [-0.05, 0) is 19.1 Å². The highest BCUT2D eigenvalue weighted by atomic mass is 16.7. The Hall–Kier alpha value is -2.17. The summed E-state index contributed by atoms with van der Waals surface area (Å²) in [5, 5.41) is 3.14. The van der Waals surface area contributed by atoms with Gasteiger partial charge in [-0.1, -0.05) is 6.08 Å². The van der Waals surface area contributed by atoms with E-state index in [0.29, 0.717) is 13.2 Å². The van der Waals surface area contributed by atoms with Gasteiger partial charge in [0.1, 0.15) is 0 Å². The van der Waals surface area contributed by atoms with Crippen molar-refractivity contribution in [2.75, 3.05) is 25.3 Å². The fourth-order valence-corrected chi connectivity index (χ4v) is 1.53. The zero-order valence-electron chi connectivity index (χ0n) is 10.1. The van der Waals surface area contributed by atoms with Crippen LogP contribution in [0.25, 0.3) is 0 Å². The monoisotopic (exact) mass is 249 g/mol. The molecule has 0 spiro atoms. The number of esters is 1. The van der Waals surface area contributed by atoms with Crippen LogP contribution < -0.4 is 14.8 Å². The Labute approximate surface area is 105 Å². The maximum absolute atomic E-state index is 11.0. The van der Waals surface area contributed by atoms with Gasteiger partial charge < -0.3 is 19.5 Å². The van der Waals surface area contributed by atoms with Gasteiger partial charge in [0, 0.05) is 24.4 Å². The summed E-state index contributed by atoms with van der Waals surface area (Å²) in [6, 6.07) is 5.60. The van der Waals surface area contributed by atoms with Gasteiger partial charge in [-0.15, -0.1) is 0 Å². The molecular weight excluding hydrogens is 234 g/mol. The second kappa shape index (κ2) is 5.95. The van der Waals surface area contributed by atoms with Gasteiger partial charge in [-0.25, -0.2) is 4.79 Å². The van der Waals surface area contributed by atoms with Crippen molar-refractivity contribution >= 4 is 11.7 Å². The maximum atomic E-state index is 11.0. The Morgan fingerprint density at radius 1 is 1.44 bits per heavy atom. The molecule has 1 aromatic carbocycles. The number of ether oxygens (including phenoxy) is 3. The number of carbonyl (C=O) groups is 1. The Morgan fingerprint density at radius 3 is 3.11 bits per heavy atom. The number of nitrogens with one attached hydrogen (secondary N) is 1. The third kappa shape index (κ3) is 3.16. The van der Waals surface area contributed by atoms with Crippen LogP contribution in [-0.4, -0.2) is 25.9 Å². The highest BCUT2D eigenvalue weighted by Gasteiger charge is 2.12. The molecule has 0 bridgehead atoms. The van der Waals surface area contributed by atoms with Crippen molar-refractivity contribution in [1.82, 2.24) is 0 Å². The number of benzene rings is 1. The van der Waals surface area contributed by atoms with Gasteiger partial charge in [0.2, 0.25) is 6.79 Å². The molecule has 0 aromatic heterocycles. The Kier molecular flexibility index (Phi) is 4.06. The summed E-state index contributed by atoms with van der Waals surface area (Å²) in [5.41, 5.74) is 0.910. The number of hydrogen-bond acceptors (Lipinski definition) is 5. The van der Waals surface area contributed by atoms with Gasteiger partial charge in [0.05, 0.1) is 6.61 Å². The molecule has 18 heavy (non-hydrogen) atoms. The van der Waals surface area contributed by atoms with Crippen LogP contribution >= 0.6 is 0 Å². The van der Waals surface area contributed by atoms with E-state index in [9.17, 15) is 4.79 Å². The number of carbonyl (C=O) groups excluding carboxylic acids is 1. The summed E-state index contributed by atoms with van der Waals surface area (Å²) in [6.07, 6.45) is 3.12. The highest BCUT2D eigenvalue weighted by molar-refractivity contribution is 5.81. The minimum Gasteiger partial charge on any atom is -0.463 e. The van der Waals surface area contributed by atoms with E-state index in [1.165, 1.54) is 6.08 Å². The fourth-order valence-electron chi connectivity index (χ4n) is 1.53. The Balaban J connectivity index is 1.82. The average molecular weight is 249 g/mol. The third-order valence-corrected chi connectivity index (χ3v) is 2.34. The van der Waals surface area contributed by atoms with Crippen LogP contribution in [0.5, 0.6) is 11.5 Å². The molecule has 1 N–H and O–H groups in total. The summed E-state index contributed by atoms with van der Waals surface area (Å²) >= 11 is 0. The van der Waals surface area contributed by atoms with E-state index in [-0.39, 0.29) is 12.8 Å². The molecule has 0 fully saturated rings. The number of rotatable bonds is 5. The molecular formula is C13H15NO4. The standard InChI is InChI=1S/C13H15NO4/c1-2-16-13(15)4-3-7-14-10-5-6-11-12(8-10)18-9-17-11/h3-6,8,14H,2,7,9H2,1H3/b4-3+. The van der Waals surface area contributed by atoms with Gasteiger partial charge in [0.15, 0.2) is 11.5 Å². The summed E-state index contributed by atoms with van der Waals surface area (Å²) in [5.74, 6) is 1.15. The summed E-state index contributed by atoms with van der Waals surface area (Å²) in [7, 11) is 0. The Morgan fingerprint density at radius 2 is 2.28 bits per heavy atom. The highest BCUT2D eigenvalue weighted by Crippen LogP contribution is 2.34. The molecule has 0 unspecified atom stereocenters. The van der Waals surface area contributed by atoms with Crippen molar-refractivity contribution in [1.29, 1.82) is 0 Å². The van der Waals surface area contributed by atoms with Gasteiger partial charge in [0.25, 0.3) is 0 Å². The van der Waals surface area contributed by atoms with Crippen molar-refractivity contribution in [2.45, 2.75) is 6.92 Å².